The maximum atomic E-state index is 13.5. The third-order valence-electron chi connectivity index (χ3n) is 5.16. The number of rotatable bonds is 5. The van der Waals surface area contributed by atoms with Gasteiger partial charge in [-0.25, -0.2) is 8.42 Å². The van der Waals surface area contributed by atoms with Crippen molar-refractivity contribution in [2.45, 2.75) is 83.4 Å². The predicted octanol–water partition coefficient (Wildman–Crippen LogP) is 4.28. The number of nitrogens with zero attached hydrogens (tertiary/aromatic N) is 1. The van der Waals surface area contributed by atoms with Gasteiger partial charge in [0.1, 0.15) is 0 Å². The molecule has 5 heteroatoms. The molecule has 26 heavy (non-hydrogen) atoms. The van der Waals surface area contributed by atoms with E-state index in [4.69, 9.17) is 4.74 Å². The number of aryl methyl sites for hydroxylation is 3. The van der Waals surface area contributed by atoms with Crippen LogP contribution in [0.3, 0.4) is 0 Å². The minimum Gasteiger partial charge on any atom is -0.374 e. The zero-order chi connectivity index (χ0) is 19.3. The molecule has 0 N–H and O–H groups in total. The summed E-state index contributed by atoms with van der Waals surface area (Å²) < 4.78 is 34.6. The molecule has 1 heterocycles. The van der Waals surface area contributed by atoms with Gasteiger partial charge in [0.2, 0.25) is 10.0 Å². The van der Waals surface area contributed by atoms with Crippen LogP contribution in [0, 0.1) is 20.8 Å². The van der Waals surface area contributed by atoms with Gasteiger partial charge in [0.25, 0.3) is 0 Å². The fourth-order valence-electron chi connectivity index (χ4n) is 4.14. The Balaban J connectivity index is 1.94. The second-order valence-electron chi connectivity index (χ2n) is 8.67. The number of hydrogen-bond acceptors (Lipinski definition) is 3. The van der Waals surface area contributed by atoms with E-state index in [1.54, 1.807) is 4.31 Å². The summed E-state index contributed by atoms with van der Waals surface area (Å²) in [5.41, 5.74) is 3.72. The van der Waals surface area contributed by atoms with Gasteiger partial charge in [-0.2, -0.15) is 4.31 Å². The summed E-state index contributed by atoms with van der Waals surface area (Å²) in [6.45, 7) is 12.2. The summed E-state index contributed by atoms with van der Waals surface area (Å²) in [6.07, 6.45) is 5.39. The van der Waals surface area contributed by atoms with Crippen molar-refractivity contribution in [3.8, 4) is 0 Å². The van der Waals surface area contributed by atoms with E-state index in [2.05, 4.69) is 6.08 Å². The van der Waals surface area contributed by atoms with Crippen LogP contribution in [0.5, 0.6) is 0 Å². The highest BCUT2D eigenvalue weighted by Crippen LogP contribution is 2.45. The van der Waals surface area contributed by atoms with Crippen molar-refractivity contribution in [2.24, 2.45) is 0 Å². The predicted molar refractivity (Wildman–Crippen MR) is 105 cm³/mol. The van der Waals surface area contributed by atoms with Gasteiger partial charge >= 0.3 is 0 Å². The molecule has 3 rings (SSSR count). The van der Waals surface area contributed by atoms with Crippen molar-refractivity contribution >= 4 is 10.0 Å². The lowest BCUT2D eigenvalue weighted by Crippen LogP contribution is -2.25. The van der Waals surface area contributed by atoms with Crippen molar-refractivity contribution in [3.05, 3.63) is 40.5 Å². The molecule has 0 amide bonds. The molecule has 3 atom stereocenters. The third kappa shape index (κ3) is 3.75. The van der Waals surface area contributed by atoms with E-state index in [-0.39, 0.29) is 17.7 Å². The fraction of sp³-hybridized carbons (Fsp3) is 0.619. The molecule has 4 nitrogen and oxygen atoms in total. The largest absolute Gasteiger partial charge is 0.374 e. The highest BCUT2D eigenvalue weighted by molar-refractivity contribution is 7.89. The van der Waals surface area contributed by atoms with Crippen LogP contribution in [0.2, 0.25) is 0 Å². The fourth-order valence-corrected chi connectivity index (χ4v) is 6.33. The summed E-state index contributed by atoms with van der Waals surface area (Å²) in [4.78, 5) is 0.463. The molecule has 0 spiro atoms. The lowest BCUT2D eigenvalue weighted by molar-refractivity contribution is -0.00391. The average Bonchev–Trinajstić information content (AvgIpc) is 2.96. The summed E-state index contributed by atoms with van der Waals surface area (Å²) in [5.74, 6) is 0. The normalized spacial score (nSPS) is 26.1. The van der Waals surface area contributed by atoms with Crippen LogP contribution in [0.15, 0.2) is 28.7 Å². The molecule has 1 saturated heterocycles. The molecule has 1 aliphatic heterocycles. The van der Waals surface area contributed by atoms with E-state index in [0.29, 0.717) is 11.5 Å². The van der Waals surface area contributed by atoms with Gasteiger partial charge in [-0.1, -0.05) is 29.3 Å². The number of ether oxygens (including phenoxy) is 1. The van der Waals surface area contributed by atoms with Crippen LogP contribution in [-0.2, 0) is 14.8 Å². The van der Waals surface area contributed by atoms with Crippen LogP contribution in [0.4, 0.5) is 0 Å². The molecule has 1 aromatic rings. The van der Waals surface area contributed by atoms with E-state index < -0.39 is 10.0 Å². The summed E-state index contributed by atoms with van der Waals surface area (Å²) >= 11 is 0. The summed E-state index contributed by atoms with van der Waals surface area (Å²) in [5, 5.41) is 0. The first kappa shape index (κ1) is 19.6. The minimum atomic E-state index is -3.53. The van der Waals surface area contributed by atoms with E-state index in [1.807, 2.05) is 53.7 Å². The van der Waals surface area contributed by atoms with E-state index in [0.717, 1.165) is 36.0 Å². The monoisotopic (exact) mass is 377 g/mol. The highest BCUT2D eigenvalue weighted by atomic mass is 32.2. The van der Waals surface area contributed by atoms with Gasteiger partial charge in [0.15, 0.2) is 0 Å². The summed E-state index contributed by atoms with van der Waals surface area (Å²) in [7, 11) is -3.53. The Kier molecular flexibility index (Phi) is 5.10. The Morgan fingerprint density at radius 3 is 2.27 bits per heavy atom. The quantitative estimate of drug-likeness (QED) is 0.568. The number of benzene rings is 1. The van der Waals surface area contributed by atoms with Crippen LogP contribution >= 0.6 is 0 Å². The lowest BCUT2D eigenvalue weighted by Gasteiger charge is -2.19. The van der Waals surface area contributed by atoms with Crippen molar-refractivity contribution < 1.29 is 13.2 Å². The topological polar surface area (TPSA) is 46.4 Å². The second-order valence-corrected chi connectivity index (χ2v) is 10.4. The number of hydrogen-bond donors (Lipinski definition) is 0. The maximum Gasteiger partial charge on any atom is 0.244 e. The van der Waals surface area contributed by atoms with Gasteiger partial charge in [-0.3, -0.25) is 0 Å². The second kappa shape index (κ2) is 6.77. The van der Waals surface area contributed by atoms with Crippen LogP contribution in [0.25, 0.3) is 0 Å². The van der Waals surface area contributed by atoms with Crippen molar-refractivity contribution in [2.75, 3.05) is 6.61 Å². The molecule has 2 aliphatic rings. The molecule has 0 saturated carbocycles. The Bertz CT molecular complexity index is 810. The van der Waals surface area contributed by atoms with Gasteiger partial charge in [-0.15, -0.1) is 0 Å². The molecule has 144 valence electrons. The first-order valence-corrected chi connectivity index (χ1v) is 10.9. The van der Waals surface area contributed by atoms with Gasteiger partial charge in [0.05, 0.1) is 29.2 Å². The molecule has 0 bridgehead atoms. The lowest BCUT2D eigenvalue weighted by atomic mass is 10.1. The van der Waals surface area contributed by atoms with Gasteiger partial charge < -0.3 is 4.74 Å². The standard InChI is InChI=1S/C21H31NO3S/c1-14-11-15(2)20(16(3)12-14)26(23,24)22-18(13-25-21(4,5)6)19(22)17-9-7-8-10-17/h9,11-12,18-19H,7-8,10,13H2,1-6H3/t18-,19-,22?/m0/s1. The first-order chi connectivity index (χ1) is 12.0. The number of allylic oxidation sites excluding steroid dienone is 1. The average molecular weight is 378 g/mol. The van der Waals surface area contributed by atoms with Crippen molar-refractivity contribution in [3.63, 3.8) is 0 Å². The summed E-state index contributed by atoms with van der Waals surface area (Å²) in [6, 6.07) is 3.77. The molecular weight excluding hydrogens is 346 g/mol. The Labute approximate surface area is 158 Å². The molecule has 0 aromatic heterocycles. The first-order valence-electron chi connectivity index (χ1n) is 9.46. The molecule has 1 aliphatic carbocycles. The Hall–Kier alpha value is -1.17. The van der Waals surface area contributed by atoms with Gasteiger partial charge in [-0.05, 0) is 71.9 Å². The highest BCUT2D eigenvalue weighted by Gasteiger charge is 2.57. The molecular formula is C21H31NO3S. The minimum absolute atomic E-state index is 0.0371. The van der Waals surface area contributed by atoms with Crippen LogP contribution in [0.1, 0.15) is 56.7 Å². The Morgan fingerprint density at radius 2 is 1.77 bits per heavy atom. The third-order valence-corrected chi connectivity index (χ3v) is 7.37. The van der Waals surface area contributed by atoms with E-state index in [1.165, 1.54) is 5.57 Å². The zero-order valence-corrected chi connectivity index (χ0v) is 17.6. The van der Waals surface area contributed by atoms with Gasteiger partial charge in [0, 0.05) is 0 Å². The zero-order valence-electron chi connectivity index (χ0n) is 16.8. The molecule has 1 aromatic carbocycles. The maximum absolute atomic E-state index is 13.5. The van der Waals surface area contributed by atoms with Crippen molar-refractivity contribution in [1.29, 1.82) is 0 Å². The van der Waals surface area contributed by atoms with E-state index in [9.17, 15) is 8.42 Å². The van der Waals surface area contributed by atoms with Crippen molar-refractivity contribution in [1.82, 2.24) is 4.31 Å². The Morgan fingerprint density at radius 1 is 1.15 bits per heavy atom. The number of sulfonamides is 1. The smallest absolute Gasteiger partial charge is 0.244 e. The molecule has 1 unspecified atom stereocenters. The van der Waals surface area contributed by atoms with E-state index >= 15 is 0 Å². The van der Waals surface area contributed by atoms with Crippen LogP contribution < -0.4 is 0 Å². The van der Waals surface area contributed by atoms with Crippen LogP contribution in [-0.4, -0.2) is 37.0 Å². The molecule has 0 radical (unpaired) electrons. The molecule has 1 fully saturated rings. The SMILES string of the molecule is Cc1cc(C)c(S(=O)(=O)N2[C@@H](COC(C)(C)C)[C@@H]2C2=CCCC2)c(C)c1.